The third-order valence-corrected chi connectivity index (χ3v) is 6.10. The van der Waals surface area contributed by atoms with Crippen LogP contribution in [0.15, 0.2) is 6.07 Å². The molecule has 3 heterocycles. The van der Waals surface area contributed by atoms with E-state index in [1.807, 2.05) is 24.8 Å². The van der Waals surface area contributed by atoms with Crippen LogP contribution in [0.2, 0.25) is 0 Å². The number of carbonyl (C=O) groups is 1. The van der Waals surface area contributed by atoms with Gasteiger partial charge in [-0.1, -0.05) is 0 Å². The standard InChI is InChI=1S/C20H30N2O3/c1-14-10-17(15(2)21-14)19(23)22-8-6-18-20(12-22,7-3-9-25-18)13-24-11-16-4-5-16/h10,16,18,21H,3-9,11-13H2,1-2H3/t18-,20-/m0/s1. The lowest BCUT2D eigenvalue weighted by atomic mass is 9.73. The van der Waals surface area contributed by atoms with Gasteiger partial charge in [0.25, 0.3) is 5.91 Å². The molecule has 1 aromatic heterocycles. The van der Waals surface area contributed by atoms with Gasteiger partial charge in [0.2, 0.25) is 0 Å². The molecule has 4 rings (SSSR count). The zero-order valence-electron chi connectivity index (χ0n) is 15.5. The lowest BCUT2D eigenvalue weighted by Crippen LogP contribution is -2.58. The van der Waals surface area contributed by atoms with E-state index < -0.39 is 0 Å². The first-order valence-corrected chi connectivity index (χ1v) is 9.72. The second-order valence-corrected chi connectivity index (χ2v) is 8.29. The normalized spacial score (nSPS) is 29.5. The van der Waals surface area contributed by atoms with E-state index >= 15 is 0 Å². The van der Waals surface area contributed by atoms with Gasteiger partial charge in [0, 0.05) is 43.1 Å². The summed E-state index contributed by atoms with van der Waals surface area (Å²) in [6, 6.07) is 1.97. The van der Waals surface area contributed by atoms with Crippen molar-refractivity contribution in [3.05, 3.63) is 23.0 Å². The van der Waals surface area contributed by atoms with Gasteiger partial charge in [-0.25, -0.2) is 0 Å². The second kappa shape index (κ2) is 6.76. The number of rotatable bonds is 5. The zero-order valence-corrected chi connectivity index (χ0v) is 15.5. The highest BCUT2D eigenvalue weighted by Gasteiger charge is 2.47. The fourth-order valence-corrected chi connectivity index (χ4v) is 4.50. The second-order valence-electron chi connectivity index (χ2n) is 8.29. The quantitative estimate of drug-likeness (QED) is 0.891. The van der Waals surface area contributed by atoms with Crippen molar-refractivity contribution >= 4 is 5.91 Å². The molecule has 2 atom stereocenters. The molecule has 0 unspecified atom stereocenters. The predicted molar refractivity (Wildman–Crippen MR) is 95.7 cm³/mol. The molecular formula is C20H30N2O3. The van der Waals surface area contributed by atoms with Crippen molar-refractivity contribution in [3.63, 3.8) is 0 Å². The van der Waals surface area contributed by atoms with E-state index in [0.29, 0.717) is 0 Å². The number of piperidine rings is 1. The topological polar surface area (TPSA) is 54.6 Å². The van der Waals surface area contributed by atoms with Crippen LogP contribution in [0, 0.1) is 25.2 Å². The molecule has 2 aliphatic heterocycles. The first-order valence-electron chi connectivity index (χ1n) is 9.72. The number of likely N-dealkylation sites (tertiary alicyclic amines) is 1. The number of aryl methyl sites for hydroxylation is 2. The smallest absolute Gasteiger partial charge is 0.255 e. The summed E-state index contributed by atoms with van der Waals surface area (Å²) in [4.78, 5) is 18.3. The van der Waals surface area contributed by atoms with Crippen LogP contribution >= 0.6 is 0 Å². The summed E-state index contributed by atoms with van der Waals surface area (Å²) in [5.41, 5.74) is 2.78. The fraction of sp³-hybridized carbons (Fsp3) is 0.750. The van der Waals surface area contributed by atoms with Crippen LogP contribution in [-0.2, 0) is 9.47 Å². The van der Waals surface area contributed by atoms with Gasteiger partial charge in [0.05, 0.1) is 18.3 Å². The van der Waals surface area contributed by atoms with Gasteiger partial charge in [-0.2, -0.15) is 0 Å². The van der Waals surface area contributed by atoms with Crippen molar-refractivity contribution in [3.8, 4) is 0 Å². The first-order chi connectivity index (χ1) is 12.1. The van der Waals surface area contributed by atoms with E-state index in [-0.39, 0.29) is 17.4 Å². The molecule has 0 radical (unpaired) electrons. The zero-order chi connectivity index (χ0) is 17.4. The summed E-state index contributed by atoms with van der Waals surface area (Å²) in [5.74, 6) is 0.915. The van der Waals surface area contributed by atoms with Crippen LogP contribution in [0.5, 0.6) is 0 Å². The molecule has 25 heavy (non-hydrogen) atoms. The van der Waals surface area contributed by atoms with E-state index in [1.54, 1.807) is 0 Å². The van der Waals surface area contributed by atoms with Crippen molar-refractivity contribution in [2.24, 2.45) is 11.3 Å². The molecule has 0 bridgehead atoms. The Morgan fingerprint density at radius 1 is 1.40 bits per heavy atom. The third-order valence-electron chi connectivity index (χ3n) is 6.10. The minimum atomic E-state index is -0.0275. The summed E-state index contributed by atoms with van der Waals surface area (Å²) < 4.78 is 12.2. The minimum Gasteiger partial charge on any atom is -0.380 e. The molecule has 3 aliphatic rings. The van der Waals surface area contributed by atoms with Gasteiger partial charge in [0.1, 0.15) is 0 Å². The largest absolute Gasteiger partial charge is 0.380 e. The van der Waals surface area contributed by atoms with Gasteiger partial charge in [-0.3, -0.25) is 4.79 Å². The Kier molecular flexibility index (Phi) is 4.63. The van der Waals surface area contributed by atoms with Crippen molar-refractivity contribution < 1.29 is 14.3 Å². The number of aromatic nitrogens is 1. The SMILES string of the molecule is Cc1cc(C(=O)N2CC[C@@H]3OCCC[C@@]3(COCC3CC3)C2)c(C)[nH]1. The minimum absolute atomic E-state index is 0.0275. The third kappa shape index (κ3) is 3.49. The molecular weight excluding hydrogens is 316 g/mol. The molecule has 1 aromatic rings. The summed E-state index contributed by atoms with van der Waals surface area (Å²) in [5, 5.41) is 0. The fourth-order valence-electron chi connectivity index (χ4n) is 4.50. The van der Waals surface area contributed by atoms with E-state index in [9.17, 15) is 4.79 Å². The van der Waals surface area contributed by atoms with E-state index in [2.05, 4.69) is 4.98 Å². The van der Waals surface area contributed by atoms with Gasteiger partial charge < -0.3 is 19.4 Å². The summed E-state index contributed by atoms with van der Waals surface area (Å²) in [6.07, 6.45) is 5.93. The molecule has 2 saturated heterocycles. The van der Waals surface area contributed by atoms with E-state index in [0.717, 1.165) is 75.0 Å². The number of ether oxygens (including phenoxy) is 2. The van der Waals surface area contributed by atoms with Gasteiger partial charge in [-0.15, -0.1) is 0 Å². The van der Waals surface area contributed by atoms with Crippen LogP contribution in [0.1, 0.15) is 53.8 Å². The number of H-pyrrole nitrogens is 1. The van der Waals surface area contributed by atoms with Crippen molar-refractivity contribution in [1.82, 2.24) is 9.88 Å². The lowest BCUT2D eigenvalue weighted by molar-refractivity contribution is -0.147. The van der Waals surface area contributed by atoms with Crippen molar-refractivity contribution in [2.45, 2.75) is 52.1 Å². The van der Waals surface area contributed by atoms with Gasteiger partial charge in [0.15, 0.2) is 0 Å². The number of amides is 1. The maximum atomic E-state index is 13.1. The Morgan fingerprint density at radius 3 is 2.96 bits per heavy atom. The molecule has 1 saturated carbocycles. The molecule has 1 aliphatic carbocycles. The highest BCUT2D eigenvalue weighted by molar-refractivity contribution is 5.95. The molecule has 0 spiro atoms. The maximum Gasteiger partial charge on any atom is 0.255 e. The molecule has 5 nitrogen and oxygen atoms in total. The average molecular weight is 346 g/mol. The Balaban J connectivity index is 1.48. The van der Waals surface area contributed by atoms with Crippen LogP contribution in [0.3, 0.4) is 0 Å². The highest BCUT2D eigenvalue weighted by atomic mass is 16.5. The van der Waals surface area contributed by atoms with Crippen LogP contribution < -0.4 is 0 Å². The number of carbonyl (C=O) groups excluding carboxylic acids is 1. The Bertz CT molecular complexity index is 637. The number of hydrogen-bond donors (Lipinski definition) is 1. The molecule has 1 N–H and O–H groups in total. The van der Waals surface area contributed by atoms with Gasteiger partial charge in [-0.05, 0) is 57.9 Å². The van der Waals surface area contributed by atoms with Crippen molar-refractivity contribution in [1.29, 1.82) is 0 Å². The van der Waals surface area contributed by atoms with E-state index in [1.165, 1.54) is 12.8 Å². The number of nitrogens with zero attached hydrogens (tertiary/aromatic N) is 1. The Morgan fingerprint density at radius 2 is 2.24 bits per heavy atom. The Labute approximate surface area is 150 Å². The molecule has 138 valence electrons. The monoisotopic (exact) mass is 346 g/mol. The van der Waals surface area contributed by atoms with Gasteiger partial charge >= 0.3 is 0 Å². The molecule has 5 heteroatoms. The highest BCUT2D eigenvalue weighted by Crippen LogP contribution is 2.41. The van der Waals surface area contributed by atoms with Crippen LogP contribution in [0.4, 0.5) is 0 Å². The molecule has 1 amide bonds. The van der Waals surface area contributed by atoms with E-state index in [4.69, 9.17) is 9.47 Å². The first kappa shape index (κ1) is 17.1. The summed E-state index contributed by atoms with van der Waals surface area (Å²) in [6.45, 7) is 7.95. The molecule has 0 aromatic carbocycles. The summed E-state index contributed by atoms with van der Waals surface area (Å²) >= 11 is 0. The maximum absolute atomic E-state index is 13.1. The lowest BCUT2D eigenvalue weighted by Gasteiger charge is -2.50. The van der Waals surface area contributed by atoms with Crippen molar-refractivity contribution in [2.75, 3.05) is 32.9 Å². The molecule has 3 fully saturated rings. The van der Waals surface area contributed by atoms with Crippen LogP contribution in [-0.4, -0.2) is 54.8 Å². The number of fused-ring (bicyclic) bond motifs is 1. The Hall–Kier alpha value is -1.33. The predicted octanol–water partition coefficient (Wildman–Crippen LogP) is 3.07. The summed E-state index contributed by atoms with van der Waals surface area (Å²) in [7, 11) is 0. The number of nitrogens with one attached hydrogen (secondary N) is 1. The van der Waals surface area contributed by atoms with Crippen LogP contribution in [0.25, 0.3) is 0 Å². The average Bonchev–Trinajstić information content (AvgIpc) is 3.36. The number of aromatic amines is 1. The number of hydrogen-bond acceptors (Lipinski definition) is 3.